The van der Waals surface area contributed by atoms with Crippen LogP contribution in [0.3, 0.4) is 0 Å². The maximum absolute atomic E-state index is 11.9. The molecule has 11 heteroatoms. The predicted molar refractivity (Wildman–Crippen MR) is 99.8 cm³/mol. The van der Waals surface area contributed by atoms with Gasteiger partial charge in [-0.1, -0.05) is 27.4 Å². The minimum absolute atomic E-state index is 0.0491. The van der Waals surface area contributed by atoms with E-state index in [2.05, 4.69) is 11.9 Å². The number of ether oxygens (including phenoxy) is 3. The van der Waals surface area contributed by atoms with Crippen molar-refractivity contribution in [1.82, 2.24) is 10.2 Å². The van der Waals surface area contributed by atoms with E-state index < -0.39 is 38.1 Å². The van der Waals surface area contributed by atoms with Crippen LogP contribution in [0.1, 0.15) is 40.0 Å². The molecule has 164 valence electrons. The molecule has 3 aliphatic rings. The molecule has 5 atom stereocenters. The topological polar surface area (TPSA) is 119 Å². The summed E-state index contributed by atoms with van der Waals surface area (Å²) in [6.07, 6.45) is 2.22. The summed E-state index contributed by atoms with van der Waals surface area (Å²) in [7, 11) is -4.44. The molecule has 2 saturated heterocycles. The molecule has 1 amide bonds. The van der Waals surface area contributed by atoms with E-state index >= 15 is 0 Å². The van der Waals surface area contributed by atoms with Crippen LogP contribution in [0.5, 0.6) is 0 Å². The first-order chi connectivity index (χ1) is 13.7. The summed E-state index contributed by atoms with van der Waals surface area (Å²) in [6.45, 7) is 9.33. The number of rotatable bonds is 9. The molecule has 29 heavy (non-hydrogen) atoms. The second-order valence-electron chi connectivity index (χ2n) is 7.08. The van der Waals surface area contributed by atoms with E-state index in [0.29, 0.717) is 25.1 Å². The molecule has 0 aliphatic carbocycles. The number of hydrogen-bond acceptors (Lipinski definition) is 9. The van der Waals surface area contributed by atoms with Gasteiger partial charge in [-0.15, -0.1) is 0 Å². The van der Waals surface area contributed by atoms with Gasteiger partial charge >= 0.3 is 0 Å². The van der Waals surface area contributed by atoms with Crippen molar-refractivity contribution in [2.75, 3.05) is 13.2 Å². The van der Waals surface area contributed by atoms with Gasteiger partial charge in [0, 0.05) is 12.3 Å². The second-order valence-corrected chi connectivity index (χ2v) is 8.49. The zero-order valence-electron chi connectivity index (χ0n) is 16.9. The van der Waals surface area contributed by atoms with E-state index in [4.69, 9.17) is 23.3 Å². The number of hydrogen-bond donors (Lipinski definition) is 1. The molecule has 3 heterocycles. The molecule has 3 rings (SSSR count). The predicted octanol–water partition coefficient (Wildman–Crippen LogP) is 1.34. The number of phosphoric acid groups is 1. The summed E-state index contributed by atoms with van der Waals surface area (Å²) in [6, 6.07) is 0. The number of fused-ring (bicyclic) bond motifs is 1. The molecule has 2 unspecified atom stereocenters. The Hall–Kier alpha value is -1.26. The number of carbonyl (C=O) groups is 1. The van der Waals surface area contributed by atoms with Crippen molar-refractivity contribution in [2.45, 2.75) is 70.4 Å². The van der Waals surface area contributed by atoms with Crippen molar-refractivity contribution in [3.8, 4) is 0 Å². The highest BCUT2D eigenvalue weighted by molar-refractivity contribution is 7.45. The van der Waals surface area contributed by atoms with Crippen molar-refractivity contribution >= 4 is 13.7 Å². The summed E-state index contributed by atoms with van der Waals surface area (Å²) >= 11 is 0. The number of amides is 1. The molecule has 10 nitrogen and oxygen atoms in total. The average molecular weight is 431 g/mol. The van der Waals surface area contributed by atoms with E-state index in [1.54, 1.807) is 18.0 Å². The lowest BCUT2D eigenvalue weighted by molar-refractivity contribution is -0.237. The SMILES string of the molecule is C=C1NC(=O)C=CN1[C@@H]1O[C@H](COP(=O)([O-])OCCC)C2OC(CC)(CC)O[C@@H]21. The summed E-state index contributed by atoms with van der Waals surface area (Å²) in [5.41, 5.74) is 0. The molecule has 0 bridgehead atoms. The average Bonchev–Trinajstić information content (AvgIpc) is 3.22. The number of nitrogens with zero attached hydrogens (tertiary/aromatic N) is 1. The zero-order valence-corrected chi connectivity index (χ0v) is 17.8. The molecule has 0 radical (unpaired) electrons. The first-order valence-electron chi connectivity index (χ1n) is 9.82. The van der Waals surface area contributed by atoms with E-state index in [1.807, 2.05) is 13.8 Å². The third kappa shape index (κ3) is 4.74. The van der Waals surface area contributed by atoms with Crippen LogP contribution in [0, 0.1) is 0 Å². The standard InChI is InChI=1S/C18H29N2O8P/c1-5-10-24-29(22,23)25-11-13-15-16(28-18(6-2,7-3)27-15)17(26-13)20-9-8-14(21)19-12(20)4/h8-9,13,15-17H,4-7,10-11H2,1-3H3,(H,19,21)(H,22,23)/p-1/t13-,15?,16+,17-/m1/s1. The number of phosphoric ester groups is 1. The van der Waals surface area contributed by atoms with Crippen LogP contribution in [0.25, 0.3) is 0 Å². The van der Waals surface area contributed by atoms with Gasteiger partial charge in [0.25, 0.3) is 13.7 Å². The van der Waals surface area contributed by atoms with Gasteiger partial charge < -0.3 is 38.4 Å². The summed E-state index contributed by atoms with van der Waals surface area (Å²) in [5, 5.41) is 2.61. The van der Waals surface area contributed by atoms with E-state index in [1.165, 1.54) is 6.08 Å². The lowest BCUT2D eigenvalue weighted by atomic mass is 10.1. The Labute approximate surface area is 170 Å². The van der Waals surface area contributed by atoms with Gasteiger partial charge in [0.1, 0.15) is 24.1 Å². The second kappa shape index (κ2) is 8.85. The third-order valence-corrected chi connectivity index (χ3v) is 6.12. The quantitative estimate of drug-likeness (QED) is 0.540. The highest BCUT2D eigenvalue weighted by Crippen LogP contribution is 2.45. The molecule has 0 spiro atoms. The largest absolute Gasteiger partial charge is 0.756 e. The maximum Gasteiger partial charge on any atom is 0.267 e. The Morgan fingerprint density at radius 1 is 1.28 bits per heavy atom. The molecule has 2 fully saturated rings. The highest BCUT2D eigenvalue weighted by Gasteiger charge is 2.58. The van der Waals surface area contributed by atoms with Gasteiger partial charge in [0.2, 0.25) is 0 Å². The van der Waals surface area contributed by atoms with Crippen LogP contribution in [-0.4, -0.2) is 54.3 Å². The van der Waals surface area contributed by atoms with Gasteiger partial charge in [-0.3, -0.25) is 9.36 Å². The minimum Gasteiger partial charge on any atom is -0.756 e. The van der Waals surface area contributed by atoms with Gasteiger partial charge in [-0.25, -0.2) is 0 Å². The smallest absolute Gasteiger partial charge is 0.267 e. The van der Waals surface area contributed by atoms with Crippen molar-refractivity contribution in [2.24, 2.45) is 0 Å². The lowest BCUT2D eigenvalue weighted by Crippen LogP contribution is -2.46. The van der Waals surface area contributed by atoms with Crippen molar-refractivity contribution in [3.63, 3.8) is 0 Å². The summed E-state index contributed by atoms with van der Waals surface area (Å²) in [4.78, 5) is 25.1. The Morgan fingerprint density at radius 3 is 2.59 bits per heavy atom. The molecular weight excluding hydrogens is 403 g/mol. The van der Waals surface area contributed by atoms with Crippen molar-refractivity contribution < 1.29 is 37.5 Å². The third-order valence-electron chi connectivity index (χ3n) is 5.15. The molecule has 0 aromatic rings. The first-order valence-corrected chi connectivity index (χ1v) is 11.3. The van der Waals surface area contributed by atoms with Crippen molar-refractivity contribution in [3.05, 3.63) is 24.7 Å². The van der Waals surface area contributed by atoms with Crippen LogP contribution < -0.4 is 10.2 Å². The number of nitrogens with one attached hydrogen (secondary N) is 1. The van der Waals surface area contributed by atoms with Crippen LogP contribution >= 0.6 is 7.82 Å². The fourth-order valence-electron chi connectivity index (χ4n) is 3.57. The van der Waals surface area contributed by atoms with Gasteiger partial charge in [-0.2, -0.15) is 0 Å². The Balaban J connectivity index is 1.77. The van der Waals surface area contributed by atoms with Crippen LogP contribution in [0.2, 0.25) is 0 Å². The van der Waals surface area contributed by atoms with Gasteiger partial charge in [0.05, 0.1) is 13.2 Å². The molecule has 0 saturated carbocycles. The Kier molecular flexibility index (Phi) is 6.84. The molecule has 1 N–H and O–H groups in total. The zero-order chi connectivity index (χ0) is 21.2. The van der Waals surface area contributed by atoms with E-state index in [0.717, 1.165) is 0 Å². The number of carbonyl (C=O) groups excluding carboxylic acids is 1. The lowest BCUT2D eigenvalue weighted by Gasteiger charge is -2.35. The Morgan fingerprint density at radius 2 is 1.97 bits per heavy atom. The summed E-state index contributed by atoms with van der Waals surface area (Å²) in [5.74, 6) is -0.752. The first kappa shape index (κ1) is 22.4. The van der Waals surface area contributed by atoms with Crippen LogP contribution in [0.15, 0.2) is 24.7 Å². The molecule has 3 aliphatic heterocycles. The van der Waals surface area contributed by atoms with Crippen LogP contribution in [-0.2, 0) is 32.6 Å². The van der Waals surface area contributed by atoms with E-state index in [-0.39, 0.29) is 19.1 Å². The fraction of sp³-hybridized carbons (Fsp3) is 0.722. The van der Waals surface area contributed by atoms with Crippen LogP contribution in [0.4, 0.5) is 0 Å². The molecular formula is C18H28N2O8P-. The maximum atomic E-state index is 11.9. The molecule has 0 aromatic heterocycles. The van der Waals surface area contributed by atoms with Gasteiger partial charge in [0.15, 0.2) is 12.0 Å². The Bertz CT molecular complexity index is 710. The van der Waals surface area contributed by atoms with E-state index in [9.17, 15) is 14.3 Å². The molecule has 0 aromatic carbocycles. The highest BCUT2D eigenvalue weighted by atomic mass is 31.2. The summed E-state index contributed by atoms with van der Waals surface area (Å²) < 4.78 is 40.2. The normalized spacial score (nSPS) is 32.9. The fourth-order valence-corrected chi connectivity index (χ4v) is 4.38. The van der Waals surface area contributed by atoms with Gasteiger partial charge in [-0.05, 0) is 19.3 Å². The monoisotopic (exact) mass is 431 g/mol. The minimum atomic E-state index is -4.44. The van der Waals surface area contributed by atoms with Crippen molar-refractivity contribution in [1.29, 1.82) is 0 Å².